The molecule has 0 unspecified atom stereocenters. The topological polar surface area (TPSA) is 37.3 Å². The third-order valence-electron chi connectivity index (χ3n) is 2.78. The highest BCUT2D eigenvalue weighted by Crippen LogP contribution is 2.11. The Hall–Kier alpha value is -1.29. The Morgan fingerprint density at radius 3 is 2.73 bits per heavy atom. The summed E-state index contributed by atoms with van der Waals surface area (Å²) in [6.07, 6.45) is 0. The Morgan fingerprint density at radius 2 is 2.07 bits per heavy atom. The molecule has 2 rings (SSSR count). The SMILES string of the molecule is CCn1c(N2CCNCC2)cccc1=O. The molecule has 15 heavy (non-hydrogen) atoms. The summed E-state index contributed by atoms with van der Waals surface area (Å²) in [5.41, 5.74) is 0.0912. The molecule has 0 radical (unpaired) electrons. The van der Waals surface area contributed by atoms with Gasteiger partial charge in [-0.15, -0.1) is 0 Å². The number of hydrogen-bond donors (Lipinski definition) is 1. The summed E-state index contributed by atoms with van der Waals surface area (Å²) < 4.78 is 1.82. The second-order valence-electron chi connectivity index (χ2n) is 3.70. The minimum atomic E-state index is 0.0912. The van der Waals surface area contributed by atoms with Gasteiger partial charge in [0.15, 0.2) is 0 Å². The highest BCUT2D eigenvalue weighted by Gasteiger charge is 2.13. The van der Waals surface area contributed by atoms with E-state index in [9.17, 15) is 4.79 Å². The number of rotatable bonds is 2. The average Bonchev–Trinajstić information content (AvgIpc) is 2.30. The molecule has 1 aromatic heterocycles. The van der Waals surface area contributed by atoms with Gasteiger partial charge in [0.25, 0.3) is 5.56 Å². The van der Waals surface area contributed by atoms with Crippen molar-refractivity contribution in [3.63, 3.8) is 0 Å². The lowest BCUT2D eigenvalue weighted by molar-refractivity contribution is 0.568. The summed E-state index contributed by atoms with van der Waals surface area (Å²) in [5, 5.41) is 3.31. The molecule has 1 aliphatic heterocycles. The number of aromatic nitrogens is 1. The zero-order valence-corrected chi connectivity index (χ0v) is 9.07. The van der Waals surface area contributed by atoms with E-state index >= 15 is 0 Å². The molecule has 0 saturated carbocycles. The van der Waals surface area contributed by atoms with Gasteiger partial charge in [-0.25, -0.2) is 0 Å². The molecule has 2 heterocycles. The van der Waals surface area contributed by atoms with Crippen molar-refractivity contribution >= 4 is 5.82 Å². The first-order chi connectivity index (χ1) is 7.33. The molecule has 1 N–H and O–H groups in total. The van der Waals surface area contributed by atoms with Crippen molar-refractivity contribution in [1.29, 1.82) is 0 Å². The van der Waals surface area contributed by atoms with Gasteiger partial charge >= 0.3 is 0 Å². The van der Waals surface area contributed by atoms with Crippen LogP contribution >= 0.6 is 0 Å². The maximum atomic E-state index is 11.6. The van der Waals surface area contributed by atoms with E-state index in [1.165, 1.54) is 0 Å². The van der Waals surface area contributed by atoms with Gasteiger partial charge in [-0.1, -0.05) is 6.07 Å². The lowest BCUT2D eigenvalue weighted by Gasteiger charge is -2.31. The van der Waals surface area contributed by atoms with Crippen LogP contribution in [0.3, 0.4) is 0 Å². The maximum Gasteiger partial charge on any atom is 0.252 e. The van der Waals surface area contributed by atoms with E-state index in [-0.39, 0.29) is 5.56 Å². The van der Waals surface area contributed by atoms with Gasteiger partial charge in [-0.3, -0.25) is 9.36 Å². The van der Waals surface area contributed by atoms with Crippen LogP contribution in [0.2, 0.25) is 0 Å². The molecular formula is C11H17N3O. The molecule has 1 saturated heterocycles. The standard InChI is InChI=1S/C11H17N3O/c1-2-14-10(4-3-5-11(14)15)13-8-6-12-7-9-13/h3-5,12H,2,6-9H2,1H3. The lowest BCUT2D eigenvalue weighted by Crippen LogP contribution is -2.45. The van der Waals surface area contributed by atoms with Crippen LogP contribution in [0.5, 0.6) is 0 Å². The van der Waals surface area contributed by atoms with Crippen LogP contribution in [0.15, 0.2) is 23.0 Å². The van der Waals surface area contributed by atoms with E-state index in [0.717, 1.165) is 38.5 Å². The Balaban J connectivity index is 2.33. The fourth-order valence-electron chi connectivity index (χ4n) is 2.00. The van der Waals surface area contributed by atoms with Crippen LogP contribution in [-0.4, -0.2) is 30.7 Å². The number of nitrogens with one attached hydrogen (secondary N) is 1. The van der Waals surface area contributed by atoms with Crippen molar-refractivity contribution < 1.29 is 0 Å². The van der Waals surface area contributed by atoms with Crippen molar-refractivity contribution in [2.45, 2.75) is 13.5 Å². The molecule has 1 aromatic rings. The molecule has 1 fully saturated rings. The van der Waals surface area contributed by atoms with E-state index in [1.807, 2.05) is 23.6 Å². The minimum absolute atomic E-state index is 0.0912. The fourth-order valence-corrected chi connectivity index (χ4v) is 2.00. The van der Waals surface area contributed by atoms with E-state index in [4.69, 9.17) is 0 Å². The van der Waals surface area contributed by atoms with Crippen molar-refractivity contribution in [3.8, 4) is 0 Å². The second-order valence-corrected chi connectivity index (χ2v) is 3.70. The predicted octanol–water partition coefficient (Wildman–Crippen LogP) is 0.278. The lowest BCUT2D eigenvalue weighted by atomic mass is 10.3. The molecule has 0 spiro atoms. The Labute approximate surface area is 89.5 Å². The van der Waals surface area contributed by atoms with Gasteiger partial charge in [-0.05, 0) is 13.0 Å². The zero-order chi connectivity index (χ0) is 10.7. The molecule has 4 heteroatoms. The van der Waals surface area contributed by atoms with Crippen molar-refractivity contribution in [2.75, 3.05) is 31.1 Å². The summed E-state index contributed by atoms with van der Waals surface area (Å²) in [6, 6.07) is 5.48. The molecule has 0 aliphatic carbocycles. The molecule has 0 aromatic carbocycles. The molecule has 4 nitrogen and oxygen atoms in total. The number of pyridine rings is 1. The van der Waals surface area contributed by atoms with Crippen LogP contribution < -0.4 is 15.8 Å². The first-order valence-corrected chi connectivity index (χ1v) is 5.48. The Morgan fingerprint density at radius 1 is 1.33 bits per heavy atom. The van der Waals surface area contributed by atoms with Crippen LogP contribution in [-0.2, 0) is 6.54 Å². The first-order valence-electron chi connectivity index (χ1n) is 5.48. The summed E-state index contributed by atoms with van der Waals surface area (Å²) in [4.78, 5) is 13.9. The quantitative estimate of drug-likeness (QED) is 0.757. The van der Waals surface area contributed by atoms with Gasteiger partial charge < -0.3 is 10.2 Å². The van der Waals surface area contributed by atoms with Gasteiger partial charge in [0, 0.05) is 38.8 Å². The number of piperazine rings is 1. The molecule has 0 atom stereocenters. The molecule has 1 aliphatic rings. The van der Waals surface area contributed by atoms with Gasteiger partial charge in [0.05, 0.1) is 0 Å². The highest BCUT2D eigenvalue weighted by atomic mass is 16.1. The monoisotopic (exact) mass is 207 g/mol. The summed E-state index contributed by atoms with van der Waals surface area (Å²) in [7, 11) is 0. The van der Waals surface area contributed by atoms with Gasteiger partial charge in [0.2, 0.25) is 0 Å². The van der Waals surface area contributed by atoms with Crippen LogP contribution in [0, 0.1) is 0 Å². The molecule has 0 amide bonds. The third kappa shape index (κ3) is 2.04. The molecule has 0 bridgehead atoms. The number of nitrogens with zero attached hydrogens (tertiary/aromatic N) is 2. The van der Waals surface area contributed by atoms with Crippen molar-refractivity contribution in [2.24, 2.45) is 0 Å². The highest BCUT2D eigenvalue weighted by molar-refractivity contribution is 5.40. The minimum Gasteiger partial charge on any atom is -0.355 e. The Bertz CT molecular complexity index is 380. The summed E-state index contributed by atoms with van der Waals surface area (Å²) in [6.45, 7) is 6.68. The second kappa shape index (κ2) is 4.49. The normalized spacial score (nSPS) is 16.7. The molecule has 82 valence electrons. The smallest absolute Gasteiger partial charge is 0.252 e. The first kappa shape index (κ1) is 10.2. The summed E-state index contributed by atoms with van der Waals surface area (Å²) in [5.74, 6) is 1.05. The Kier molecular flexibility index (Phi) is 3.06. The third-order valence-corrected chi connectivity index (χ3v) is 2.78. The van der Waals surface area contributed by atoms with Gasteiger partial charge in [0.1, 0.15) is 5.82 Å². The van der Waals surface area contributed by atoms with E-state index < -0.39 is 0 Å². The number of anilines is 1. The summed E-state index contributed by atoms with van der Waals surface area (Å²) >= 11 is 0. The zero-order valence-electron chi connectivity index (χ0n) is 9.07. The van der Waals surface area contributed by atoms with Gasteiger partial charge in [-0.2, -0.15) is 0 Å². The van der Waals surface area contributed by atoms with Crippen LogP contribution in [0.25, 0.3) is 0 Å². The van der Waals surface area contributed by atoms with Crippen LogP contribution in [0.1, 0.15) is 6.92 Å². The predicted molar refractivity (Wildman–Crippen MR) is 61.5 cm³/mol. The van der Waals surface area contributed by atoms with E-state index in [2.05, 4.69) is 10.2 Å². The average molecular weight is 207 g/mol. The largest absolute Gasteiger partial charge is 0.355 e. The van der Waals surface area contributed by atoms with E-state index in [1.54, 1.807) is 6.07 Å². The van der Waals surface area contributed by atoms with E-state index in [0.29, 0.717) is 0 Å². The molecular weight excluding hydrogens is 190 g/mol. The number of hydrogen-bond acceptors (Lipinski definition) is 3. The van der Waals surface area contributed by atoms with Crippen LogP contribution in [0.4, 0.5) is 5.82 Å². The maximum absolute atomic E-state index is 11.6. The van der Waals surface area contributed by atoms with Crippen molar-refractivity contribution in [1.82, 2.24) is 9.88 Å². The fraction of sp³-hybridized carbons (Fsp3) is 0.545. The van der Waals surface area contributed by atoms with Crippen molar-refractivity contribution in [3.05, 3.63) is 28.6 Å².